The summed E-state index contributed by atoms with van der Waals surface area (Å²) in [5.74, 6) is 1.19. The normalized spacial score (nSPS) is 11.4. The Morgan fingerprint density at radius 2 is 0.974 bits per heavy atom. The third-order valence-electron chi connectivity index (χ3n) is 6.78. The van der Waals surface area contributed by atoms with Gasteiger partial charge in [0.25, 0.3) is 11.1 Å². The highest BCUT2D eigenvalue weighted by atomic mass is 35.5. The van der Waals surface area contributed by atoms with Crippen molar-refractivity contribution in [2.45, 2.75) is 20.3 Å². The lowest BCUT2D eigenvalue weighted by atomic mass is 10.0. The van der Waals surface area contributed by atoms with E-state index in [1.54, 1.807) is 57.7 Å². The summed E-state index contributed by atoms with van der Waals surface area (Å²) in [5, 5.41) is 2.25. The van der Waals surface area contributed by atoms with Gasteiger partial charge in [0.1, 0.15) is 11.6 Å². The molecule has 0 amide bonds. The predicted octanol–water partition coefficient (Wildman–Crippen LogP) is 6.60. The molecule has 0 saturated heterocycles. The smallest absolute Gasteiger partial charge is 0.265 e. The van der Waals surface area contributed by atoms with Crippen molar-refractivity contribution < 1.29 is 0 Å². The Morgan fingerprint density at radius 1 is 0.590 bits per heavy atom. The van der Waals surface area contributed by atoms with E-state index in [1.807, 2.05) is 50.2 Å². The van der Waals surface area contributed by atoms with Gasteiger partial charge in [-0.2, -0.15) is 0 Å². The molecule has 8 heteroatoms. The molecule has 6 aromatic rings. The Hall–Kier alpha value is -4.26. The minimum absolute atomic E-state index is 0.147. The molecule has 0 aliphatic rings. The second-order valence-electron chi connectivity index (χ2n) is 9.43. The summed E-state index contributed by atoms with van der Waals surface area (Å²) >= 11 is 12.1. The van der Waals surface area contributed by atoms with Crippen LogP contribution in [0.5, 0.6) is 0 Å². The fourth-order valence-electron chi connectivity index (χ4n) is 4.93. The molecule has 0 aliphatic carbocycles. The van der Waals surface area contributed by atoms with E-state index in [4.69, 9.17) is 23.2 Å². The summed E-state index contributed by atoms with van der Waals surface area (Å²) in [6.07, 6.45) is 0.536. The largest absolute Gasteiger partial charge is 0.268 e. The molecule has 4 aromatic carbocycles. The van der Waals surface area contributed by atoms with Gasteiger partial charge in [0.15, 0.2) is 0 Å². The average molecular weight is 553 g/mol. The maximum atomic E-state index is 13.5. The molecule has 2 aromatic heterocycles. The summed E-state index contributed by atoms with van der Waals surface area (Å²) in [4.78, 5) is 36.3. The molecule has 0 radical (unpaired) electrons. The summed E-state index contributed by atoms with van der Waals surface area (Å²) in [5.41, 5.74) is 4.25. The Kier molecular flexibility index (Phi) is 6.29. The molecule has 0 atom stereocenters. The van der Waals surface area contributed by atoms with Gasteiger partial charge in [0, 0.05) is 10.0 Å². The molecule has 0 bridgehead atoms. The molecule has 0 saturated carbocycles. The van der Waals surface area contributed by atoms with Gasteiger partial charge in [-0.05, 0) is 104 Å². The number of fused-ring (bicyclic) bond motifs is 2. The zero-order valence-electron chi connectivity index (χ0n) is 21.2. The number of aromatic nitrogens is 4. The zero-order chi connectivity index (χ0) is 27.3. The highest BCUT2D eigenvalue weighted by Gasteiger charge is 2.13. The van der Waals surface area contributed by atoms with Crippen LogP contribution >= 0.6 is 23.2 Å². The third kappa shape index (κ3) is 4.62. The minimum Gasteiger partial charge on any atom is -0.268 e. The maximum absolute atomic E-state index is 13.5. The average Bonchev–Trinajstić information content (AvgIpc) is 2.92. The second kappa shape index (κ2) is 9.80. The van der Waals surface area contributed by atoms with Crippen molar-refractivity contribution in [2.24, 2.45) is 0 Å². The first kappa shape index (κ1) is 25.0. The van der Waals surface area contributed by atoms with Crippen LogP contribution in [-0.2, 0) is 6.42 Å². The van der Waals surface area contributed by atoms with Crippen molar-refractivity contribution in [1.29, 1.82) is 0 Å². The van der Waals surface area contributed by atoms with Crippen molar-refractivity contribution in [3.8, 4) is 11.4 Å². The molecule has 0 spiro atoms. The van der Waals surface area contributed by atoms with Gasteiger partial charge in [-0.15, -0.1) is 0 Å². The van der Waals surface area contributed by atoms with Gasteiger partial charge in [-0.25, -0.2) is 9.97 Å². The number of aryl methyl sites for hydroxylation is 2. The van der Waals surface area contributed by atoms with E-state index in [-0.39, 0.29) is 11.1 Å². The maximum Gasteiger partial charge on any atom is 0.265 e. The van der Waals surface area contributed by atoms with Gasteiger partial charge in [0.05, 0.1) is 33.2 Å². The van der Waals surface area contributed by atoms with E-state index in [2.05, 4.69) is 9.97 Å². The van der Waals surface area contributed by atoms with E-state index in [1.165, 1.54) is 0 Å². The Bertz CT molecular complexity index is 1870. The van der Waals surface area contributed by atoms with Crippen molar-refractivity contribution in [3.63, 3.8) is 0 Å². The van der Waals surface area contributed by atoms with Gasteiger partial charge in [-0.3, -0.25) is 18.7 Å². The van der Waals surface area contributed by atoms with E-state index < -0.39 is 0 Å². The second-order valence-corrected chi connectivity index (χ2v) is 10.3. The lowest BCUT2D eigenvalue weighted by molar-refractivity contribution is 0.894. The van der Waals surface area contributed by atoms with Crippen molar-refractivity contribution in [1.82, 2.24) is 19.1 Å². The van der Waals surface area contributed by atoms with Crippen molar-refractivity contribution in [2.75, 3.05) is 0 Å². The van der Waals surface area contributed by atoms with Gasteiger partial charge >= 0.3 is 0 Å². The lowest BCUT2D eigenvalue weighted by Crippen LogP contribution is -2.22. The van der Waals surface area contributed by atoms with Crippen LogP contribution in [-0.4, -0.2) is 19.1 Å². The first-order valence-corrected chi connectivity index (χ1v) is 13.1. The number of rotatable bonds is 4. The third-order valence-corrected chi connectivity index (χ3v) is 7.28. The van der Waals surface area contributed by atoms with E-state index in [0.29, 0.717) is 61.3 Å². The van der Waals surface area contributed by atoms with E-state index in [9.17, 15) is 9.59 Å². The predicted molar refractivity (Wildman–Crippen MR) is 157 cm³/mol. The molecule has 0 unspecified atom stereocenters. The summed E-state index contributed by atoms with van der Waals surface area (Å²) in [7, 11) is 0. The minimum atomic E-state index is -0.147. The van der Waals surface area contributed by atoms with Gasteiger partial charge in [0.2, 0.25) is 0 Å². The van der Waals surface area contributed by atoms with E-state index >= 15 is 0 Å². The summed E-state index contributed by atoms with van der Waals surface area (Å²) < 4.78 is 3.18. The van der Waals surface area contributed by atoms with Crippen LogP contribution in [0.3, 0.4) is 0 Å². The molecule has 39 heavy (non-hydrogen) atoms. The van der Waals surface area contributed by atoms with Gasteiger partial charge < -0.3 is 0 Å². The first-order chi connectivity index (χ1) is 18.8. The molecule has 0 fully saturated rings. The molecule has 0 N–H and O–H groups in total. The zero-order valence-corrected chi connectivity index (χ0v) is 22.7. The van der Waals surface area contributed by atoms with Crippen LogP contribution in [0.25, 0.3) is 33.2 Å². The van der Waals surface area contributed by atoms with Crippen LogP contribution < -0.4 is 11.1 Å². The highest BCUT2D eigenvalue weighted by Crippen LogP contribution is 2.21. The molecular weight excluding hydrogens is 531 g/mol. The lowest BCUT2D eigenvalue weighted by Gasteiger charge is -2.13. The first-order valence-electron chi connectivity index (χ1n) is 12.3. The van der Waals surface area contributed by atoms with Crippen LogP contribution in [0.2, 0.25) is 10.0 Å². The SMILES string of the molecule is Cc1nc2ccc(Cc3ccc4nc(C)n(-c5ccc(Cl)cc5)c(=O)c4c3)cc2c(=O)n1-c1ccc(Cl)cc1. The van der Waals surface area contributed by atoms with Gasteiger partial charge in [-0.1, -0.05) is 35.3 Å². The quantitative estimate of drug-likeness (QED) is 0.247. The van der Waals surface area contributed by atoms with Crippen molar-refractivity contribution in [3.05, 3.63) is 138 Å². The van der Waals surface area contributed by atoms with E-state index in [0.717, 1.165) is 11.1 Å². The van der Waals surface area contributed by atoms with Crippen LogP contribution in [0.4, 0.5) is 0 Å². The summed E-state index contributed by atoms with van der Waals surface area (Å²) in [6.45, 7) is 3.62. The Labute approximate surface area is 233 Å². The number of hydrogen-bond acceptors (Lipinski definition) is 4. The fourth-order valence-corrected chi connectivity index (χ4v) is 5.18. The molecule has 6 rings (SSSR count). The Balaban J connectivity index is 1.41. The number of hydrogen-bond donors (Lipinski definition) is 0. The van der Waals surface area contributed by atoms with Crippen molar-refractivity contribution >= 4 is 45.0 Å². The standard InChI is InChI=1S/C31H22Cl2N4O2/c1-18-34-28-13-3-20(16-26(28)30(38)36(18)24-9-5-22(32)6-10-24)15-21-4-14-29-27(17-21)31(39)37(19(2)35-29)25-11-7-23(33)8-12-25/h3-14,16-17H,15H2,1-2H3. The molecule has 6 nitrogen and oxygen atoms in total. The monoisotopic (exact) mass is 552 g/mol. The molecule has 192 valence electrons. The fraction of sp³-hybridized carbons (Fsp3) is 0.0968. The summed E-state index contributed by atoms with van der Waals surface area (Å²) in [6, 6.07) is 25.6. The molecular formula is C31H22Cl2N4O2. The highest BCUT2D eigenvalue weighted by molar-refractivity contribution is 6.30. The number of nitrogens with zero attached hydrogens (tertiary/aromatic N) is 4. The number of halogens is 2. The molecule has 0 aliphatic heterocycles. The van der Waals surface area contributed by atoms with Crippen LogP contribution in [0.1, 0.15) is 22.8 Å². The number of benzene rings is 4. The van der Waals surface area contributed by atoms with Crippen LogP contribution in [0.15, 0.2) is 94.5 Å². The Morgan fingerprint density at radius 3 is 1.36 bits per heavy atom. The topological polar surface area (TPSA) is 69.8 Å². The molecule has 2 heterocycles. The van der Waals surface area contributed by atoms with Crippen LogP contribution in [0, 0.1) is 13.8 Å².